The Morgan fingerprint density at radius 1 is 1.06 bits per heavy atom. The quantitative estimate of drug-likeness (QED) is 0.489. The molecule has 2 heterocycles. The van der Waals surface area contributed by atoms with Crippen molar-refractivity contribution in [2.45, 2.75) is 33.7 Å². The number of ketones is 1. The lowest BCUT2D eigenvalue weighted by Gasteiger charge is -2.18. The third-order valence-electron chi connectivity index (χ3n) is 5.53. The van der Waals surface area contributed by atoms with E-state index in [1.54, 1.807) is 35.2 Å². The molecule has 0 aliphatic heterocycles. The summed E-state index contributed by atoms with van der Waals surface area (Å²) in [4.78, 5) is 39.3. The van der Waals surface area contributed by atoms with Crippen molar-refractivity contribution < 1.29 is 9.59 Å². The van der Waals surface area contributed by atoms with Crippen LogP contribution in [0.4, 0.5) is 0 Å². The molecule has 0 aliphatic rings. The number of benzene rings is 1. The molecule has 0 aliphatic carbocycles. The van der Waals surface area contributed by atoms with E-state index in [2.05, 4.69) is 5.10 Å². The fourth-order valence-corrected chi connectivity index (χ4v) is 3.88. The zero-order chi connectivity index (χ0) is 23.4. The monoisotopic (exact) mass is 454 g/mol. The third-order valence-corrected chi connectivity index (χ3v) is 5.78. The first kappa shape index (κ1) is 23.5. The van der Waals surface area contributed by atoms with Crippen LogP contribution in [0, 0.1) is 6.92 Å². The van der Waals surface area contributed by atoms with E-state index in [4.69, 9.17) is 11.6 Å². The van der Waals surface area contributed by atoms with Gasteiger partial charge in [-0.3, -0.25) is 14.4 Å². The maximum atomic E-state index is 13.0. The molecule has 168 valence electrons. The lowest BCUT2D eigenvalue weighted by Crippen LogP contribution is -2.37. The summed E-state index contributed by atoms with van der Waals surface area (Å²) in [6, 6.07) is 11.8. The second-order valence-corrected chi connectivity index (χ2v) is 8.06. The van der Waals surface area contributed by atoms with Crippen molar-refractivity contribution in [3.8, 4) is 0 Å². The molecular formula is C24H27ClN4O3. The lowest BCUT2D eigenvalue weighted by molar-refractivity contribution is -0.131. The Labute approximate surface area is 192 Å². The third kappa shape index (κ3) is 4.99. The summed E-state index contributed by atoms with van der Waals surface area (Å²) in [5, 5.41) is 4.97. The van der Waals surface area contributed by atoms with Crippen molar-refractivity contribution in [1.82, 2.24) is 19.2 Å². The van der Waals surface area contributed by atoms with Gasteiger partial charge in [0.2, 0.25) is 11.7 Å². The van der Waals surface area contributed by atoms with Gasteiger partial charge in [-0.15, -0.1) is 0 Å². The number of hydrogen-bond donors (Lipinski definition) is 0. The van der Waals surface area contributed by atoms with E-state index in [9.17, 15) is 14.4 Å². The number of rotatable bonds is 8. The molecule has 3 rings (SSSR count). The van der Waals surface area contributed by atoms with Gasteiger partial charge >= 0.3 is 0 Å². The minimum atomic E-state index is -0.323. The van der Waals surface area contributed by atoms with Gasteiger partial charge in [0.05, 0.1) is 11.4 Å². The normalized spacial score (nSPS) is 10.9. The number of carbonyl (C=O) groups excluding carboxylic acids is 2. The summed E-state index contributed by atoms with van der Waals surface area (Å²) >= 11 is 5.94. The van der Waals surface area contributed by atoms with Crippen LogP contribution < -0.4 is 5.56 Å². The molecule has 0 N–H and O–H groups in total. The van der Waals surface area contributed by atoms with Crippen LogP contribution in [-0.4, -0.2) is 44.0 Å². The van der Waals surface area contributed by atoms with Crippen LogP contribution in [0.2, 0.25) is 5.02 Å². The summed E-state index contributed by atoms with van der Waals surface area (Å²) in [7, 11) is 1.84. The van der Waals surface area contributed by atoms with Crippen molar-refractivity contribution in [1.29, 1.82) is 0 Å². The first-order valence-corrected chi connectivity index (χ1v) is 10.9. The highest BCUT2D eigenvalue weighted by molar-refractivity contribution is 6.30. The molecule has 2 aromatic heterocycles. The minimum Gasteiger partial charge on any atom is -0.344 e. The molecule has 7 nitrogen and oxygen atoms in total. The van der Waals surface area contributed by atoms with Crippen molar-refractivity contribution in [2.24, 2.45) is 7.05 Å². The number of halogens is 1. The SMILES string of the molecule is CCN(CC)C(=O)Cn1nc(Cc2cc(C)c(C(=O)c3ccc(Cl)cc3)n2C)ccc1=O. The summed E-state index contributed by atoms with van der Waals surface area (Å²) in [6.07, 6.45) is 0.422. The standard InChI is InChI=1S/C24H27ClN4O3/c1-5-28(6-2)22(31)15-29-21(30)12-11-19(26-29)14-20-13-16(3)23(27(20)4)24(32)17-7-9-18(25)10-8-17/h7-13H,5-6,14-15H2,1-4H3. The van der Waals surface area contributed by atoms with E-state index >= 15 is 0 Å². The topological polar surface area (TPSA) is 77.2 Å². The van der Waals surface area contributed by atoms with Gasteiger partial charge < -0.3 is 9.47 Å². The van der Waals surface area contributed by atoms with Gasteiger partial charge in [0.25, 0.3) is 5.56 Å². The Balaban J connectivity index is 1.86. The molecule has 8 heteroatoms. The van der Waals surface area contributed by atoms with Crippen molar-refractivity contribution >= 4 is 23.3 Å². The Bertz CT molecular complexity index is 1190. The Hall–Kier alpha value is -3.19. The summed E-state index contributed by atoms with van der Waals surface area (Å²) in [6.45, 7) is 6.75. The minimum absolute atomic E-state index is 0.0873. The largest absolute Gasteiger partial charge is 0.344 e. The van der Waals surface area contributed by atoms with Gasteiger partial charge in [-0.05, 0) is 62.7 Å². The van der Waals surface area contributed by atoms with Crippen LogP contribution in [0.3, 0.4) is 0 Å². The van der Waals surface area contributed by atoms with Crippen LogP contribution in [0.15, 0.2) is 47.3 Å². The Morgan fingerprint density at radius 3 is 2.34 bits per heavy atom. The molecule has 0 unspecified atom stereocenters. The van der Waals surface area contributed by atoms with Gasteiger partial charge in [0.1, 0.15) is 6.54 Å². The molecule has 0 atom stereocenters. The van der Waals surface area contributed by atoms with E-state index in [0.717, 1.165) is 11.3 Å². The molecule has 32 heavy (non-hydrogen) atoms. The molecule has 1 amide bonds. The van der Waals surface area contributed by atoms with Gasteiger partial charge in [-0.2, -0.15) is 5.10 Å². The van der Waals surface area contributed by atoms with Crippen LogP contribution >= 0.6 is 11.6 Å². The van der Waals surface area contributed by atoms with Gasteiger partial charge in [0.15, 0.2) is 0 Å². The van der Waals surface area contributed by atoms with E-state index in [1.807, 2.05) is 38.5 Å². The predicted octanol–water partition coefficient (Wildman–Crippen LogP) is 3.23. The van der Waals surface area contributed by atoms with Crippen LogP contribution in [0.25, 0.3) is 0 Å². The lowest BCUT2D eigenvalue weighted by atomic mass is 10.1. The highest BCUT2D eigenvalue weighted by Crippen LogP contribution is 2.21. The predicted molar refractivity (Wildman–Crippen MR) is 124 cm³/mol. The Kier molecular flexibility index (Phi) is 7.30. The van der Waals surface area contributed by atoms with Gasteiger partial charge in [-0.25, -0.2) is 4.68 Å². The molecule has 3 aromatic rings. The second-order valence-electron chi connectivity index (χ2n) is 7.63. The second kappa shape index (κ2) is 9.96. The zero-order valence-corrected chi connectivity index (χ0v) is 19.5. The van der Waals surface area contributed by atoms with E-state index in [-0.39, 0.29) is 23.8 Å². The number of carbonyl (C=O) groups is 2. The highest BCUT2D eigenvalue weighted by atomic mass is 35.5. The molecule has 0 fully saturated rings. The van der Waals surface area contributed by atoms with E-state index in [1.165, 1.54) is 10.7 Å². The van der Waals surface area contributed by atoms with E-state index in [0.29, 0.717) is 41.5 Å². The van der Waals surface area contributed by atoms with Crippen LogP contribution in [0.5, 0.6) is 0 Å². The number of likely N-dealkylation sites (N-methyl/N-ethyl adjacent to an activating group) is 1. The fraction of sp³-hybridized carbons (Fsp3) is 0.333. The van der Waals surface area contributed by atoms with Gasteiger partial charge in [0, 0.05) is 48.9 Å². The number of aryl methyl sites for hydroxylation is 1. The van der Waals surface area contributed by atoms with Crippen LogP contribution in [-0.2, 0) is 24.8 Å². The smallest absolute Gasteiger partial charge is 0.267 e. The highest BCUT2D eigenvalue weighted by Gasteiger charge is 2.19. The zero-order valence-electron chi connectivity index (χ0n) is 18.8. The molecule has 0 radical (unpaired) electrons. The van der Waals surface area contributed by atoms with Crippen molar-refractivity contribution in [2.75, 3.05) is 13.1 Å². The van der Waals surface area contributed by atoms with E-state index < -0.39 is 0 Å². The Morgan fingerprint density at radius 2 is 1.72 bits per heavy atom. The fourth-order valence-electron chi connectivity index (χ4n) is 3.75. The molecule has 0 spiro atoms. The number of amides is 1. The maximum Gasteiger partial charge on any atom is 0.267 e. The first-order valence-electron chi connectivity index (χ1n) is 10.5. The van der Waals surface area contributed by atoms with Crippen LogP contribution in [0.1, 0.15) is 46.9 Å². The number of hydrogen-bond acceptors (Lipinski definition) is 4. The van der Waals surface area contributed by atoms with Gasteiger partial charge in [-0.1, -0.05) is 11.6 Å². The molecular weight excluding hydrogens is 428 g/mol. The molecule has 0 saturated heterocycles. The molecule has 1 aromatic carbocycles. The average molecular weight is 455 g/mol. The summed E-state index contributed by atoms with van der Waals surface area (Å²) in [5.41, 5.74) is 3.21. The first-order chi connectivity index (χ1) is 15.2. The average Bonchev–Trinajstić information content (AvgIpc) is 3.04. The maximum absolute atomic E-state index is 13.0. The molecule has 0 saturated carbocycles. The summed E-state index contributed by atoms with van der Waals surface area (Å²) < 4.78 is 3.05. The number of aromatic nitrogens is 3. The summed E-state index contributed by atoms with van der Waals surface area (Å²) in [5.74, 6) is -0.233. The number of nitrogens with zero attached hydrogens (tertiary/aromatic N) is 4. The van der Waals surface area contributed by atoms with Crippen molar-refractivity contribution in [3.63, 3.8) is 0 Å². The van der Waals surface area contributed by atoms with Crippen molar-refractivity contribution in [3.05, 3.63) is 86.0 Å². The molecule has 0 bridgehead atoms.